The van der Waals surface area contributed by atoms with Crippen LogP contribution in [0.5, 0.6) is 0 Å². The summed E-state index contributed by atoms with van der Waals surface area (Å²) in [6, 6.07) is 11.1. The van der Waals surface area contributed by atoms with E-state index in [9.17, 15) is 21.6 Å². The van der Waals surface area contributed by atoms with Crippen LogP contribution in [0.15, 0.2) is 58.3 Å². The number of nitrogens with zero attached hydrogens (tertiary/aromatic N) is 1. The zero-order valence-electron chi connectivity index (χ0n) is 14.4. The Kier molecular flexibility index (Phi) is 5.69. The molecule has 0 heterocycles. The van der Waals surface area contributed by atoms with E-state index >= 15 is 0 Å². The van der Waals surface area contributed by atoms with Crippen molar-refractivity contribution >= 4 is 37.3 Å². The number of benzene rings is 2. The van der Waals surface area contributed by atoms with Crippen LogP contribution in [0.1, 0.15) is 6.92 Å². The first-order valence-electron chi connectivity index (χ1n) is 7.45. The molecule has 0 aliphatic rings. The van der Waals surface area contributed by atoms with E-state index in [0.29, 0.717) is 5.69 Å². The molecule has 140 valence electrons. The predicted octanol–water partition coefficient (Wildman–Crippen LogP) is 1.70. The monoisotopic (exact) mass is 397 g/mol. The molecule has 2 rings (SSSR count). The van der Waals surface area contributed by atoms with Crippen LogP contribution < -0.4 is 10.0 Å². The van der Waals surface area contributed by atoms with E-state index in [2.05, 4.69) is 10.0 Å². The number of anilines is 2. The lowest BCUT2D eigenvalue weighted by Crippen LogP contribution is -2.22. The summed E-state index contributed by atoms with van der Waals surface area (Å²) in [5.41, 5.74) is 0.711. The van der Waals surface area contributed by atoms with Crippen molar-refractivity contribution in [2.45, 2.75) is 16.7 Å². The van der Waals surface area contributed by atoms with Gasteiger partial charge in [0.2, 0.25) is 15.9 Å². The molecule has 2 aromatic rings. The average Bonchev–Trinajstić information content (AvgIpc) is 2.54. The van der Waals surface area contributed by atoms with Crippen molar-refractivity contribution in [3.63, 3.8) is 0 Å². The van der Waals surface area contributed by atoms with E-state index in [1.165, 1.54) is 69.6 Å². The Morgan fingerprint density at radius 3 is 1.73 bits per heavy atom. The molecule has 26 heavy (non-hydrogen) atoms. The minimum Gasteiger partial charge on any atom is -0.326 e. The molecule has 2 N–H and O–H groups in total. The van der Waals surface area contributed by atoms with Crippen LogP contribution in [0.25, 0.3) is 0 Å². The average molecular weight is 397 g/mol. The minimum absolute atomic E-state index is 0.0107. The highest BCUT2D eigenvalue weighted by atomic mass is 32.2. The Balaban J connectivity index is 2.20. The number of amides is 1. The van der Waals surface area contributed by atoms with Crippen LogP contribution >= 0.6 is 0 Å². The van der Waals surface area contributed by atoms with Crippen molar-refractivity contribution in [2.75, 3.05) is 24.1 Å². The van der Waals surface area contributed by atoms with Gasteiger partial charge in [-0.1, -0.05) is 0 Å². The maximum atomic E-state index is 12.4. The molecule has 0 radical (unpaired) electrons. The third-order valence-corrected chi connectivity index (χ3v) is 6.60. The van der Waals surface area contributed by atoms with Gasteiger partial charge in [0.25, 0.3) is 10.0 Å². The summed E-state index contributed by atoms with van der Waals surface area (Å²) in [5, 5.41) is 2.55. The third kappa shape index (κ3) is 4.59. The van der Waals surface area contributed by atoms with Crippen molar-refractivity contribution in [1.29, 1.82) is 0 Å². The molecule has 0 atom stereocenters. The standard InChI is InChI=1S/C16H19N3O5S2/c1-12(20)17-13-4-8-15(9-5-13)25(21,22)18-14-6-10-16(11-7-14)26(23,24)19(2)3/h4-11,18H,1-3H3,(H,17,20). The van der Waals surface area contributed by atoms with Gasteiger partial charge in [-0.05, 0) is 48.5 Å². The van der Waals surface area contributed by atoms with E-state index in [-0.39, 0.29) is 21.4 Å². The molecule has 0 aliphatic heterocycles. The molecule has 0 spiro atoms. The number of carbonyl (C=O) groups is 1. The Morgan fingerprint density at radius 1 is 0.808 bits per heavy atom. The fourth-order valence-corrected chi connectivity index (χ4v) is 4.00. The van der Waals surface area contributed by atoms with Gasteiger partial charge in [-0.2, -0.15) is 0 Å². The molecular formula is C16H19N3O5S2. The Labute approximate surface area is 152 Å². The second-order valence-corrected chi connectivity index (χ2v) is 9.46. The second-order valence-electron chi connectivity index (χ2n) is 5.62. The number of rotatable bonds is 6. The molecule has 0 fully saturated rings. The van der Waals surface area contributed by atoms with Gasteiger partial charge in [0.15, 0.2) is 0 Å². The summed E-state index contributed by atoms with van der Waals surface area (Å²) in [6.07, 6.45) is 0. The van der Waals surface area contributed by atoms with Crippen LogP contribution in [0.3, 0.4) is 0 Å². The van der Waals surface area contributed by atoms with Gasteiger partial charge >= 0.3 is 0 Å². The number of carbonyl (C=O) groups excluding carboxylic acids is 1. The molecular weight excluding hydrogens is 378 g/mol. The fourth-order valence-electron chi connectivity index (χ4n) is 2.04. The molecule has 1 amide bonds. The zero-order chi connectivity index (χ0) is 19.5. The van der Waals surface area contributed by atoms with Crippen molar-refractivity contribution in [3.8, 4) is 0 Å². The summed E-state index contributed by atoms with van der Waals surface area (Å²) < 4.78 is 52.3. The lowest BCUT2D eigenvalue weighted by Gasteiger charge is -2.12. The molecule has 0 aliphatic carbocycles. The van der Waals surface area contributed by atoms with Gasteiger partial charge in [-0.25, -0.2) is 21.1 Å². The Bertz CT molecular complexity index is 997. The first-order valence-corrected chi connectivity index (χ1v) is 10.4. The third-order valence-electron chi connectivity index (χ3n) is 3.37. The molecule has 0 bridgehead atoms. The lowest BCUT2D eigenvalue weighted by molar-refractivity contribution is -0.114. The van der Waals surface area contributed by atoms with Crippen LogP contribution in [0.4, 0.5) is 11.4 Å². The summed E-state index contributed by atoms with van der Waals surface area (Å²) in [6.45, 7) is 1.35. The summed E-state index contributed by atoms with van der Waals surface area (Å²) in [5.74, 6) is -0.258. The molecule has 0 saturated carbocycles. The van der Waals surface area contributed by atoms with Crippen molar-refractivity contribution in [3.05, 3.63) is 48.5 Å². The smallest absolute Gasteiger partial charge is 0.261 e. The SMILES string of the molecule is CC(=O)Nc1ccc(S(=O)(=O)Nc2ccc(S(=O)(=O)N(C)C)cc2)cc1. The summed E-state index contributed by atoms with van der Waals surface area (Å²) >= 11 is 0. The molecule has 10 heteroatoms. The van der Waals surface area contributed by atoms with Crippen LogP contribution in [-0.4, -0.2) is 41.1 Å². The van der Waals surface area contributed by atoms with Gasteiger partial charge in [0.05, 0.1) is 9.79 Å². The highest BCUT2D eigenvalue weighted by molar-refractivity contribution is 7.92. The van der Waals surface area contributed by atoms with Crippen LogP contribution in [0, 0.1) is 0 Å². The van der Waals surface area contributed by atoms with Crippen LogP contribution in [0.2, 0.25) is 0 Å². The number of hydrogen-bond donors (Lipinski definition) is 2. The highest BCUT2D eigenvalue weighted by Gasteiger charge is 2.18. The normalized spacial score (nSPS) is 12.0. The van der Waals surface area contributed by atoms with Crippen molar-refractivity contribution < 1.29 is 21.6 Å². The van der Waals surface area contributed by atoms with Gasteiger partial charge in [-0.15, -0.1) is 0 Å². The van der Waals surface area contributed by atoms with E-state index in [1.807, 2.05) is 0 Å². The molecule has 0 saturated heterocycles. The lowest BCUT2D eigenvalue weighted by atomic mass is 10.3. The Hall–Kier alpha value is -2.43. The molecule has 8 nitrogen and oxygen atoms in total. The maximum absolute atomic E-state index is 12.4. The quantitative estimate of drug-likeness (QED) is 0.770. The molecule has 0 aromatic heterocycles. The van der Waals surface area contributed by atoms with Crippen molar-refractivity contribution in [1.82, 2.24) is 4.31 Å². The predicted molar refractivity (Wildman–Crippen MR) is 98.9 cm³/mol. The molecule has 2 aromatic carbocycles. The van der Waals surface area contributed by atoms with E-state index in [1.54, 1.807) is 0 Å². The molecule has 0 unspecified atom stereocenters. The minimum atomic E-state index is -3.85. The zero-order valence-corrected chi connectivity index (χ0v) is 16.1. The first-order chi connectivity index (χ1) is 12.0. The van der Waals surface area contributed by atoms with E-state index in [4.69, 9.17) is 0 Å². The number of sulfonamides is 2. The number of nitrogens with one attached hydrogen (secondary N) is 2. The van der Waals surface area contributed by atoms with Crippen LogP contribution in [-0.2, 0) is 24.8 Å². The second kappa shape index (κ2) is 7.44. The van der Waals surface area contributed by atoms with Gasteiger partial charge < -0.3 is 5.32 Å². The number of hydrogen-bond acceptors (Lipinski definition) is 5. The summed E-state index contributed by atoms with van der Waals surface area (Å²) in [4.78, 5) is 11.1. The topological polar surface area (TPSA) is 113 Å². The fraction of sp³-hybridized carbons (Fsp3) is 0.188. The first kappa shape index (κ1) is 19.9. The van der Waals surface area contributed by atoms with E-state index in [0.717, 1.165) is 4.31 Å². The van der Waals surface area contributed by atoms with Crippen molar-refractivity contribution in [2.24, 2.45) is 0 Å². The maximum Gasteiger partial charge on any atom is 0.261 e. The van der Waals surface area contributed by atoms with Gasteiger partial charge in [-0.3, -0.25) is 9.52 Å². The summed E-state index contributed by atoms with van der Waals surface area (Å²) in [7, 11) is -4.60. The van der Waals surface area contributed by atoms with Gasteiger partial charge in [0, 0.05) is 32.4 Å². The largest absolute Gasteiger partial charge is 0.326 e. The van der Waals surface area contributed by atoms with Gasteiger partial charge in [0.1, 0.15) is 0 Å². The van der Waals surface area contributed by atoms with E-state index < -0.39 is 20.0 Å². The highest BCUT2D eigenvalue weighted by Crippen LogP contribution is 2.21. The Morgan fingerprint density at radius 2 is 1.27 bits per heavy atom.